The lowest BCUT2D eigenvalue weighted by Gasteiger charge is -2.37. The lowest BCUT2D eigenvalue weighted by molar-refractivity contribution is 0.170. The summed E-state index contributed by atoms with van der Waals surface area (Å²) in [6, 6.07) is 0.468. The van der Waals surface area contributed by atoms with Gasteiger partial charge in [-0.25, -0.2) is 0 Å². The zero-order valence-corrected chi connectivity index (χ0v) is 10.6. The van der Waals surface area contributed by atoms with Crippen molar-refractivity contribution in [3.05, 3.63) is 0 Å². The van der Waals surface area contributed by atoms with Crippen LogP contribution >= 0.6 is 11.8 Å². The van der Waals surface area contributed by atoms with Crippen molar-refractivity contribution < 1.29 is 0 Å². The number of hydrogen-bond donors (Lipinski definition) is 1. The van der Waals surface area contributed by atoms with Gasteiger partial charge in [0, 0.05) is 37.2 Å². The van der Waals surface area contributed by atoms with Crippen LogP contribution in [0.4, 0.5) is 0 Å². The molecule has 2 N–H and O–H groups in total. The number of nitrogens with two attached hydrogens (primary N) is 1. The molecule has 3 atom stereocenters. The van der Waals surface area contributed by atoms with E-state index in [0.29, 0.717) is 6.04 Å². The highest BCUT2D eigenvalue weighted by molar-refractivity contribution is 7.99. The molecule has 2 aliphatic rings. The Labute approximate surface area is 98.0 Å². The highest BCUT2D eigenvalue weighted by atomic mass is 32.2. The average Bonchev–Trinajstić information content (AvgIpc) is 2.25. The number of rotatable bonds is 2. The van der Waals surface area contributed by atoms with Crippen molar-refractivity contribution in [1.82, 2.24) is 4.90 Å². The Hall–Kier alpha value is 0.270. The number of thioether (sulfide) groups is 1. The smallest absolute Gasteiger partial charge is 0.00795 e. The summed E-state index contributed by atoms with van der Waals surface area (Å²) in [7, 11) is 0. The molecule has 0 amide bonds. The predicted molar refractivity (Wildman–Crippen MR) is 68.2 cm³/mol. The van der Waals surface area contributed by atoms with Crippen molar-refractivity contribution in [3.63, 3.8) is 0 Å². The minimum atomic E-state index is 0.468. The molecule has 2 fully saturated rings. The van der Waals surface area contributed by atoms with Gasteiger partial charge in [0.15, 0.2) is 0 Å². The van der Waals surface area contributed by atoms with Crippen LogP contribution < -0.4 is 5.73 Å². The maximum atomic E-state index is 6.23. The van der Waals surface area contributed by atoms with Gasteiger partial charge in [-0.1, -0.05) is 6.92 Å². The maximum absolute atomic E-state index is 6.23. The summed E-state index contributed by atoms with van der Waals surface area (Å²) in [6.07, 6.45) is 3.94. The summed E-state index contributed by atoms with van der Waals surface area (Å²) in [4.78, 5) is 2.62. The quantitative estimate of drug-likeness (QED) is 0.781. The lowest BCUT2D eigenvalue weighted by atomic mass is 9.79. The summed E-state index contributed by atoms with van der Waals surface area (Å²) in [5.74, 6) is 4.29. The molecule has 1 saturated carbocycles. The SMILES string of the molecule is CC1CCC(N)C(CN2CCSCC2)C1. The van der Waals surface area contributed by atoms with Crippen molar-refractivity contribution in [2.24, 2.45) is 17.6 Å². The summed E-state index contributed by atoms with van der Waals surface area (Å²) in [5, 5.41) is 0. The molecular weight excluding hydrogens is 204 g/mol. The van der Waals surface area contributed by atoms with Crippen LogP contribution in [0.5, 0.6) is 0 Å². The zero-order chi connectivity index (χ0) is 10.7. The zero-order valence-electron chi connectivity index (χ0n) is 9.82. The van der Waals surface area contributed by atoms with E-state index in [2.05, 4.69) is 23.6 Å². The lowest BCUT2D eigenvalue weighted by Crippen LogP contribution is -2.45. The second-order valence-electron chi connectivity index (χ2n) is 5.26. The van der Waals surface area contributed by atoms with Gasteiger partial charge in [0.05, 0.1) is 0 Å². The topological polar surface area (TPSA) is 29.3 Å². The molecule has 1 saturated heterocycles. The highest BCUT2D eigenvalue weighted by Crippen LogP contribution is 2.29. The van der Waals surface area contributed by atoms with Gasteiger partial charge in [0.1, 0.15) is 0 Å². The van der Waals surface area contributed by atoms with Crippen LogP contribution in [-0.2, 0) is 0 Å². The normalized spacial score (nSPS) is 39.2. The van der Waals surface area contributed by atoms with Gasteiger partial charge in [-0.15, -0.1) is 0 Å². The molecule has 0 aromatic heterocycles. The van der Waals surface area contributed by atoms with Crippen LogP contribution in [0.25, 0.3) is 0 Å². The van der Waals surface area contributed by atoms with Crippen LogP contribution in [-0.4, -0.2) is 42.1 Å². The van der Waals surface area contributed by atoms with Crippen molar-refractivity contribution in [3.8, 4) is 0 Å². The van der Waals surface area contributed by atoms with Crippen molar-refractivity contribution in [2.45, 2.75) is 32.2 Å². The summed E-state index contributed by atoms with van der Waals surface area (Å²) < 4.78 is 0. The Bertz CT molecular complexity index is 192. The molecule has 0 spiro atoms. The van der Waals surface area contributed by atoms with E-state index >= 15 is 0 Å². The molecule has 15 heavy (non-hydrogen) atoms. The van der Waals surface area contributed by atoms with Crippen LogP contribution in [0.1, 0.15) is 26.2 Å². The number of nitrogens with zero attached hydrogens (tertiary/aromatic N) is 1. The van der Waals surface area contributed by atoms with E-state index < -0.39 is 0 Å². The summed E-state index contributed by atoms with van der Waals surface area (Å²) in [6.45, 7) is 6.20. The van der Waals surface area contributed by atoms with E-state index in [-0.39, 0.29) is 0 Å². The Balaban J connectivity index is 1.80. The molecule has 0 radical (unpaired) electrons. The average molecular weight is 228 g/mol. The molecule has 0 aromatic carbocycles. The standard InChI is InChI=1S/C12H24N2S/c1-10-2-3-12(13)11(8-10)9-14-4-6-15-7-5-14/h10-12H,2-9,13H2,1H3. The Morgan fingerprint density at radius 2 is 2.00 bits per heavy atom. The van der Waals surface area contributed by atoms with Gasteiger partial charge in [0.25, 0.3) is 0 Å². The minimum Gasteiger partial charge on any atom is -0.327 e. The molecule has 2 rings (SSSR count). The molecule has 0 bridgehead atoms. The van der Waals surface area contributed by atoms with Crippen LogP contribution in [0.15, 0.2) is 0 Å². The van der Waals surface area contributed by atoms with Crippen LogP contribution in [0.3, 0.4) is 0 Å². The fourth-order valence-electron chi connectivity index (χ4n) is 2.85. The fourth-order valence-corrected chi connectivity index (χ4v) is 3.83. The van der Waals surface area contributed by atoms with Gasteiger partial charge < -0.3 is 10.6 Å². The first-order valence-corrected chi connectivity index (χ1v) is 7.47. The van der Waals surface area contributed by atoms with Crippen molar-refractivity contribution >= 4 is 11.8 Å². The Kier molecular flexibility index (Phi) is 4.35. The van der Waals surface area contributed by atoms with E-state index in [1.165, 1.54) is 50.4 Å². The molecule has 88 valence electrons. The minimum absolute atomic E-state index is 0.468. The first-order valence-electron chi connectivity index (χ1n) is 6.31. The first kappa shape index (κ1) is 11.7. The predicted octanol–water partition coefficient (Wildman–Crippen LogP) is 1.80. The molecule has 3 unspecified atom stereocenters. The van der Waals surface area contributed by atoms with E-state index in [1.807, 2.05) is 0 Å². The highest BCUT2D eigenvalue weighted by Gasteiger charge is 2.27. The maximum Gasteiger partial charge on any atom is 0.00795 e. The van der Waals surface area contributed by atoms with Gasteiger partial charge in [0.2, 0.25) is 0 Å². The Morgan fingerprint density at radius 3 is 2.73 bits per heavy atom. The van der Waals surface area contributed by atoms with Crippen molar-refractivity contribution in [2.75, 3.05) is 31.1 Å². The molecule has 0 aromatic rings. The van der Waals surface area contributed by atoms with Gasteiger partial charge in [-0.2, -0.15) is 11.8 Å². The van der Waals surface area contributed by atoms with Crippen molar-refractivity contribution in [1.29, 1.82) is 0 Å². The third-order valence-electron chi connectivity index (χ3n) is 3.90. The van der Waals surface area contributed by atoms with E-state index in [9.17, 15) is 0 Å². The van der Waals surface area contributed by atoms with E-state index in [4.69, 9.17) is 5.73 Å². The van der Waals surface area contributed by atoms with Gasteiger partial charge in [-0.05, 0) is 31.1 Å². The second kappa shape index (κ2) is 5.55. The summed E-state index contributed by atoms with van der Waals surface area (Å²) >= 11 is 2.09. The third-order valence-corrected chi connectivity index (χ3v) is 4.84. The van der Waals surface area contributed by atoms with E-state index in [0.717, 1.165) is 11.8 Å². The van der Waals surface area contributed by atoms with E-state index in [1.54, 1.807) is 0 Å². The fraction of sp³-hybridized carbons (Fsp3) is 1.00. The van der Waals surface area contributed by atoms with Gasteiger partial charge >= 0.3 is 0 Å². The van der Waals surface area contributed by atoms with Crippen LogP contribution in [0, 0.1) is 11.8 Å². The molecule has 2 nitrogen and oxygen atoms in total. The third kappa shape index (κ3) is 3.36. The molecule has 1 aliphatic heterocycles. The molecular formula is C12H24N2S. The molecule has 1 aliphatic carbocycles. The van der Waals surface area contributed by atoms with Crippen LogP contribution in [0.2, 0.25) is 0 Å². The monoisotopic (exact) mass is 228 g/mol. The molecule has 1 heterocycles. The summed E-state index contributed by atoms with van der Waals surface area (Å²) in [5.41, 5.74) is 6.23. The first-order chi connectivity index (χ1) is 7.25. The molecule has 3 heteroatoms. The second-order valence-corrected chi connectivity index (χ2v) is 6.48. The Morgan fingerprint density at radius 1 is 1.27 bits per heavy atom. The largest absolute Gasteiger partial charge is 0.327 e. The number of hydrogen-bond acceptors (Lipinski definition) is 3. The van der Waals surface area contributed by atoms with Gasteiger partial charge in [-0.3, -0.25) is 0 Å².